The second kappa shape index (κ2) is 11.6. The predicted molar refractivity (Wildman–Crippen MR) is 116 cm³/mol. The van der Waals surface area contributed by atoms with E-state index < -0.39 is 23.7 Å². The highest BCUT2D eigenvalue weighted by Gasteiger charge is 2.29. The van der Waals surface area contributed by atoms with Crippen molar-refractivity contribution in [3.8, 4) is 0 Å². The molecule has 0 aliphatic carbocycles. The first-order valence-electron chi connectivity index (χ1n) is 10.1. The van der Waals surface area contributed by atoms with Crippen molar-refractivity contribution >= 4 is 12.1 Å². The highest BCUT2D eigenvalue weighted by Crippen LogP contribution is 2.14. The SMILES string of the molecule is C=CC[C@@H](N[C@@H](CC(C)C)C(=O)O)[C@H](Cc1ccccc1)NC(=O)OC(C)(C)C. The first-order valence-corrected chi connectivity index (χ1v) is 10.1. The molecule has 0 heterocycles. The Morgan fingerprint density at radius 3 is 2.28 bits per heavy atom. The van der Waals surface area contributed by atoms with Crippen molar-refractivity contribution in [1.29, 1.82) is 0 Å². The Kier molecular flexibility index (Phi) is 9.89. The topological polar surface area (TPSA) is 87.7 Å². The van der Waals surface area contributed by atoms with E-state index in [4.69, 9.17) is 4.74 Å². The van der Waals surface area contributed by atoms with E-state index in [1.54, 1.807) is 26.8 Å². The minimum atomic E-state index is -0.900. The standard InChI is InChI=1S/C23H36N2O4/c1-7-11-18(24-20(21(26)27)14-16(2)3)19(15-17-12-9-8-10-13-17)25-22(28)29-23(4,5)6/h7-10,12-13,16,18-20,24H,1,11,14-15H2,2-6H3,(H,25,28)(H,26,27)/t18-,19+,20+/m1/s1. The molecule has 0 aromatic heterocycles. The van der Waals surface area contributed by atoms with E-state index in [0.29, 0.717) is 19.3 Å². The van der Waals surface area contributed by atoms with Crippen LogP contribution < -0.4 is 10.6 Å². The zero-order valence-electron chi connectivity index (χ0n) is 18.3. The second-order valence-corrected chi connectivity index (χ2v) is 8.76. The number of benzene rings is 1. The predicted octanol–water partition coefficient (Wildman–Crippen LogP) is 4.16. The highest BCUT2D eigenvalue weighted by molar-refractivity contribution is 5.73. The molecule has 6 nitrogen and oxygen atoms in total. The molecule has 3 atom stereocenters. The molecule has 0 fully saturated rings. The fraction of sp³-hybridized carbons (Fsp3) is 0.565. The summed E-state index contributed by atoms with van der Waals surface area (Å²) in [6.45, 7) is 13.2. The van der Waals surface area contributed by atoms with Crippen molar-refractivity contribution in [3.05, 3.63) is 48.6 Å². The average molecular weight is 405 g/mol. The minimum Gasteiger partial charge on any atom is -0.480 e. The van der Waals surface area contributed by atoms with Gasteiger partial charge in [-0.05, 0) is 51.5 Å². The van der Waals surface area contributed by atoms with Crippen LogP contribution in [0.15, 0.2) is 43.0 Å². The van der Waals surface area contributed by atoms with Gasteiger partial charge in [-0.1, -0.05) is 50.3 Å². The molecule has 3 N–H and O–H groups in total. The van der Waals surface area contributed by atoms with Crippen LogP contribution in [0.4, 0.5) is 4.79 Å². The number of carboxylic acids is 1. The molecule has 6 heteroatoms. The van der Waals surface area contributed by atoms with E-state index in [2.05, 4.69) is 17.2 Å². The van der Waals surface area contributed by atoms with Crippen LogP contribution in [0.5, 0.6) is 0 Å². The third-order valence-corrected chi connectivity index (χ3v) is 4.33. The van der Waals surface area contributed by atoms with Crippen molar-refractivity contribution in [2.24, 2.45) is 5.92 Å². The largest absolute Gasteiger partial charge is 0.480 e. The molecule has 1 rings (SSSR count). The van der Waals surface area contributed by atoms with Crippen LogP contribution >= 0.6 is 0 Å². The maximum Gasteiger partial charge on any atom is 0.407 e. The van der Waals surface area contributed by atoms with Gasteiger partial charge in [0.15, 0.2) is 0 Å². The van der Waals surface area contributed by atoms with E-state index in [1.807, 2.05) is 44.2 Å². The van der Waals surface area contributed by atoms with Crippen molar-refractivity contribution in [3.63, 3.8) is 0 Å². The molecule has 1 aromatic rings. The molecule has 0 aliphatic rings. The zero-order chi connectivity index (χ0) is 22.0. The number of rotatable bonds is 11. The number of ether oxygens (including phenoxy) is 1. The van der Waals surface area contributed by atoms with Crippen LogP contribution in [0.1, 0.15) is 53.0 Å². The van der Waals surface area contributed by atoms with E-state index in [-0.39, 0.29) is 18.0 Å². The average Bonchev–Trinajstić information content (AvgIpc) is 2.58. The van der Waals surface area contributed by atoms with E-state index in [1.165, 1.54) is 0 Å². The minimum absolute atomic E-state index is 0.222. The van der Waals surface area contributed by atoms with Gasteiger partial charge in [0.05, 0.1) is 6.04 Å². The molecule has 0 saturated heterocycles. The van der Waals surface area contributed by atoms with Gasteiger partial charge in [0.25, 0.3) is 0 Å². The summed E-state index contributed by atoms with van der Waals surface area (Å²) in [4.78, 5) is 24.2. The normalized spacial score (nSPS) is 14.7. The Labute approximate surface area is 174 Å². The van der Waals surface area contributed by atoms with Crippen LogP contribution in [0.2, 0.25) is 0 Å². The van der Waals surface area contributed by atoms with Crippen molar-refractivity contribution in [1.82, 2.24) is 10.6 Å². The second-order valence-electron chi connectivity index (χ2n) is 8.76. The number of carboxylic acid groups (broad SMARTS) is 1. The van der Waals surface area contributed by atoms with Crippen LogP contribution in [0, 0.1) is 5.92 Å². The van der Waals surface area contributed by atoms with Gasteiger partial charge in [-0.25, -0.2) is 4.79 Å². The van der Waals surface area contributed by atoms with Gasteiger partial charge in [-0.15, -0.1) is 6.58 Å². The summed E-state index contributed by atoms with van der Waals surface area (Å²) in [6, 6.07) is 8.40. The number of hydrogen-bond acceptors (Lipinski definition) is 4. The van der Waals surface area contributed by atoms with Crippen molar-refractivity contribution in [2.75, 3.05) is 0 Å². The molecule has 0 bridgehead atoms. The summed E-state index contributed by atoms with van der Waals surface area (Å²) in [6.07, 6.45) is 2.76. The number of carbonyl (C=O) groups is 2. The number of aliphatic carboxylic acids is 1. The molecule has 1 aromatic carbocycles. The number of nitrogens with one attached hydrogen (secondary N) is 2. The number of alkyl carbamates (subject to hydrolysis) is 1. The Balaban J connectivity index is 3.09. The van der Waals surface area contributed by atoms with E-state index >= 15 is 0 Å². The van der Waals surface area contributed by atoms with Gasteiger partial charge < -0.3 is 15.2 Å². The molecule has 0 aliphatic heterocycles. The lowest BCUT2D eigenvalue weighted by Crippen LogP contribution is -2.56. The quantitative estimate of drug-likeness (QED) is 0.482. The fourth-order valence-corrected chi connectivity index (χ4v) is 3.12. The summed E-state index contributed by atoms with van der Waals surface area (Å²) >= 11 is 0. The maximum absolute atomic E-state index is 12.5. The van der Waals surface area contributed by atoms with Crippen LogP contribution in [-0.4, -0.2) is 40.9 Å². The molecule has 0 saturated carbocycles. The Hall–Kier alpha value is -2.34. The number of amides is 1. The molecule has 0 spiro atoms. The molecule has 1 amide bonds. The monoisotopic (exact) mass is 404 g/mol. The first kappa shape index (κ1) is 24.7. The lowest BCUT2D eigenvalue weighted by molar-refractivity contribution is -0.140. The van der Waals surface area contributed by atoms with Crippen LogP contribution in [0.25, 0.3) is 0 Å². The highest BCUT2D eigenvalue weighted by atomic mass is 16.6. The maximum atomic E-state index is 12.5. The zero-order valence-corrected chi connectivity index (χ0v) is 18.3. The molecular formula is C23H36N2O4. The van der Waals surface area contributed by atoms with Crippen molar-refractivity contribution in [2.45, 2.75) is 77.6 Å². The van der Waals surface area contributed by atoms with Crippen LogP contribution in [0.3, 0.4) is 0 Å². The summed E-state index contributed by atoms with van der Waals surface area (Å²) in [5.41, 5.74) is 0.421. The summed E-state index contributed by atoms with van der Waals surface area (Å²) in [5, 5.41) is 15.8. The first-order chi connectivity index (χ1) is 13.5. The van der Waals surface area contributed by atoms with Gasteiger partial charge in [0.2, 0.25) is 0 Å². The Morgan fingerprint density at radius 1 is 1.17 bits per heavy atom. The van der Waals surface area contributed by atoms with Crippen LogP contribution in [-0.2, 0) is 16.0 Å². The third-order valence-electron chi connectivity index (χ3n) is 4.33. The van der Waals surface area contributed by atoms with Gasteiger partial charge in [-0.3, -0.25) is 10.1 Å². The van der Waals surface area contributed by atoms with Crippen molar-refractivity contribution < 1.29 is 19.4 Å². The Morgan fingerprint density at radius 2 is 1.79 bits per heavy atom. The summed E-state index contributed by atoms with van der Waals surface area (Å²) in [5.74, 6) is -0.678. The number of hydrogen-bond donors (Lipinski definition) is 3. The lowest BCUT2D eigenvalue weighted by atomic mass is 9.94. The molecule has 29 heavy (non-hydrogen) atoms. The van der Waals surface area contributed by atoms with Gasteiger partial charge in [-0.2, -0.15) is 0 Å². The van der Waals surface area contributed by atoms with E-state index in [9.17, 15) is 14.7 Å². The molecule has 162 valence electrons. The van der Waals surface area contributed by atoms with Gasteiger partial charge >= 0.3 is 12.1 Å². The Bertz CT molecular complexity index is 653. The van der Waals surface area contributed by atoms with Gasteiger partial charge in [0.1, 0.15) is 11.6 Å². The summed E-state index contributed by atoms with van der Waals surface area (Å²) in [7, 11) is 0. The fourth-order valence-electron chi connectivity index (χ4n) is 3.12. The van der Waals surface area contributed by atoms with E-state index in [0.717, 1.165) is 5.56 Å². The summed E-state index contributed by atoms with van der Waals surface area (Å²) < 4.78 is 5.43. The number of carbonyl (C=O) groups excluding carboxylic acids is 1. The van der Waals surface area contributed by atoms with Gasteiger partial charge in [0, 0.05) is 6.04 Å². The lowest BCUT2D eigenvalue weighted by Gasteiger charge is -2.32. The molecular weight excluding hydrogens is 368 g/mol. The molecule has 0 radical (unpaired) electrons. The third kappa shape index (κ3) is 10.1. The smallest absolute Gasteiger partial charge is 0.407 e. The molecule has 0 unspecified atom stereocenters.